The second-order valence-corrected chi connectivity index (χ2v) is 5.88. The summed E-state index contributed by atoms with van der Waals surface area (Å²) in [7, 11) is 2.20. The first-order valence-corrected chi connectivity index (χ1v) is 6.09. The van der Waals surface area contributed by atoms with Crippen molar-refractivity contribution in [3.8, 4) is 0 Å². The Morgan fingerprint density at radius 1 is 1.07 bits per heavy atom. The second kappa shape index (κ2) is 5.83. The normalized spacial score (nSPS) is 20.8. The second-order valence-electron chi connectivity index (χ2n) is 5.88. The van der Waals surface area contributed by atoms with Gasteiger partial charge < -0.3 is 10.2 Å². The van der Waals surface area contributed by atoms with E-state index in [0.29, 0.717) is 5.41 Å². The van der Waals surface area contributed by atoms with Gasteiger partial charge >= 0.3 is 0 Å². The summed E-state index contributed by atoms with van der Waals surface area (Å²) < 4.78 is 0. The van der Waals surface area contributed by atoms with Gasteiger partial charge in [0.1, 0.15) is 0 Å². The van der Waals surface area contributed by atoms with Gasteiger partial charge in [0.15, 0.2) is 0 Å². The molecule has 0 unspecified atom stereocenters. The Hall–Kier alpha value is -0.120. The molecule has 0 saturated carbocycles. The zero-order valence-electron chi connectivity index (χ0n) is 10.8. The van der Waals surface area contributed by atoms with E-state index in [0.717, 1.165) is 13.1 Å². The number of likely N-dealkylation sites (N-methyl/N-ethyl adjacent to an activating group) is 1. The van der Waals surface area contributed by atoms with Crippen LogP contribution in [0.3, 0.4) is 0 Å². The maximum atomic E-state index is 3.53. The standard InChI is InChI=1S/C12H27N3/c1-12(2,3)11-13-5-6-15-9-7-14(4)8-10-15/h13H,5-11H2,1-4H3. The van der Waals surface area contributed by atoms with Crippen molar-refractivity contribution in [1.82, 2.24) is 15.1 Å². The Balaban J connectivity index is 2.01. The molecule has 0 bridgehead atoms. The molecule has 3 heteroatoms. The fourth-order valence-electron chi connectivity index (χ4n) is 1.77. The van der Waals surface area contributed by atoms with Gasteiger partial charge in [0.05, 0.1) is 0 Å². The molecule has 1 fully saturated rings. The van der Waals surface area contributed by atoms with Crippen LogP contribution in [0.1, 0.15) is 20.8 Å². The highest BCUT2D eigenvalue weighted by atomic mass is 15.2. The van der Waals surface area contributed by atoms with Crippen LogP contribution in [-0.4, -0.2) is 62.7 Å². The van der Waals surface area contributed by atoms with E-state index in [-0.39, 0.29) is 0 Å². The Labute approximate surface area is 94.8 Å². The molecule has 0 aromatic heterocycles. The zero-order chi connectivity index (χ0) is 11.3. The molecule has 0 spiro atoms. The average molecular weight is 213 g/mol. The molecule has 0 atom stereocenters. The molecule has 3 nitrogen and oxygen atoms in total. The van der Waals surface area contributed by atoms with Crippen LogP contribution in [0.4, 0.5) is 0 Å². The number of piperazine rings is 1. The summed E-state index contributed by atoms with van der Waals surface area (Å²) in [5.74, 6) is 0. The lowest BCUT2D eigenvalue weighted by molar-refractivity contribution is 0.153. The monoisotopic (exact) mass is 213 g/mol. The van der Waals surface area contributed by atoms with E-state index < -0.39 is 0 Å². The Bertz CT molecular complexity index is 166. The summed E-state index contributed by atoms with van der Waals surface area (Å²) in [5.41, 5.74) is 0.405. The third-order valence-corrected chi connectivity index (χ3v) is 2.86. The Morgan fingerprint density at radius 3 is 2.20 bits per heavy atom. The molecule has 1 aliphatic rings. The van der Waals surface area contributed by atoms with Gasteiger partial charge in [-0.15, -0.1) is 0 Å². The van der Waals surface area contributed by atoms with Crippen LogP contribution in [0.2, 0.25) is 0 Å². The molecular weight excluding hydrogens is 186 g/mol. The van der Waals surface area contributed by atoms with E-state index in [1.807, 2.05) is 0 Å². The van der Waals surface area contributed by atoms with E-state index >= 15 is 0 Å². The summed E-state index contributed by atoms with van der Waals surface area (Å²) in [6, 6.07) is 0. The first-order valence-electron chi connectivity index (χ1n) is 6.09. The molecule has 0 aromatic carbocycles. The molecule has 1 aliphatic heterocycles. The van der Waals surface area contributed by atoms with E-state index in [1.165, 1.54) is 32.7 Å². The van der Waals surface area contributed by atoms with Gasteiger partial charge in [-0.05, 0) is 12.5 Å². The maximum absolute atomic E-state index is 3.53. The lowest BCUT2D eigenvalue weighted by atomic mass is 9.97. The van der Waals surface area contributed by atoms with Gasteiger partial charge in [-0.3, -0.25) is 4.90 Å². The third kappa shape index (κ3) is 6.13. The molecule has 1 heterocycles. The number of rotatable bonds is 4. The predicted octanol–water partition coefficient (Wildman–Crippen LogP) is 0.869. The van der Waals surface area contributed by atoms with Crippen molar-refractivity contribution < 1.29 is 0 Å². The molecule has 0 aromatic rings. The smallest absolute Gasteiger partial charge is 0.0110 e. The van der Waals surface area contributed by atoms with Crippen molar-refractivity contribution in [1.29, 1.82) is 0 Å². The topological polar surface area (TPSA) is 18.5 Å². The molecule has 1 N–H and O–H groups in total. The zero-order valence-corrected chi connectivity index (χ0v) is 10.8. The van der Waals surface area contributed by atoms with E-state index in [4.69, 9.17) is 0 Å². The van der Waals surface area contributed by atoms with Gasteiger partial charge in [0.2, 0.25) is 0 Å². The highest BCUT2D eigenvalue weighted by molar-refractivity contribution is 4.71. The lowest BCUT2D eigenvalue weighted by Crippen LogP contribution is -2.46. The molecular formula is C12H27N3. The van der Waals surface area contributed by atoms with Crippen LogP contribution in [0.5, 0.6) is 0 Å². The molecule has 1 saturated heterocycles. The summed E-state index contributed by atoms with van der Waals surface area (Å²) in [6.45, 7) is 15.2. The van der Waals surface area contributed by atoms with Crippen molar-refractivity contribution in [3.63, 3.8) is 0 Å². The van der Waals surface area contributed by atoms with Crippen molar-refractivity contribution in [2.45, 2.75) is 20.8 Å². The number of hydrogen-bond acceptors (Lipinski definition) is 3. The Kier molecular flexibility index (Phi) is 5.03. The minimum atomic E-state index is 0.405. The number of hydrogen-bond donors (Lipinski definition) is 1. The highest BCUT2D eigenvalue weighted by Crippen LogP contribution is 2.09. The predicted molar refractivity (Wildman–Crippen MR) is 66.3 cm³/mol. The van der Waals surface area contributed by atoms with Gasteiger partial charge in [-0.25, -0.2) is 0 Å². The molecule has 15 heavy (non-hydrogen) atoms. The minimum Gasteiger partial charge on any atom is -0.315 e. The van der Waals surface area contributed by atoms with Crippen LogP contribution in [0, 0.1) is 5.41 Å². The first kappa shape index (κ1) is 12.9. The number of nitrogens with zero attached hydrogens (tertiary/aromatic N) is 2. The van der Waals surface area contributed by atoms with Crippen LogP contribution in [0.15, 0.2) is 0 Å². The first-order chi connectivity index (χ1) is 6.97. The number of nitrogens with one attached hydrogen (secondary N) is 1. The molecule has 0 aliphatic carbocycles. The molecule has 0 amide bonds. The van der Waals surface area contributed by atoms with Crippen molar-refractivity contribution in [2.24, 2.45) is 5.41 Å². The van der Waals surface area contributed by atoms with Crippen LogP contribution in [0.25, 0.3) is 0 Å². The van der Waals surface area contributed by atoms with Crippen molar-refractivity contribution in [3.05, 3.63) is 0 Å². The van der Waals surface area contributed by atoms with Gasteiger partial charge in [0, 0.05) is 45.8 Å². The third-order valence-electron chi connectivity index (χ3n) is 2.86. The quantitative estimate of drug-likeness (QED) is 0.699. The van der Waals surface area contributed by atoms with E-state index in [2.05, 4.69) is 42.9 Å². The fraction of sp³-hybridized carbons (Fsp3) is 1.00. The van der Waals surface area contributed by atoms with Gasteiger partial charge in [-0.2, -0.15) is 0 Å². The summed E-state index contributed by atoms with van der Waals surface area (Å²) in [4.78, 5) is 4.95. The van der Waals surface area contributed by atoms with Gasteiger partial charge in [0.25, 0.3) is 0 Å². The average Bonchev–Trinajstić information content (AvgIpc) is 2.14. The molecule has 90 valence electrons. The largest absolute Gasteiger partial charge is 0.315 e. The molecule has 1 rings (SSSR count). The summed E-state index contributed by atoms with van der Waals surface area (Å²) in [6.07, 6.45) is 0. The van der Waals surface area contributed by atoms with Crippen molar-refractivity contribution in [2.75, 3.05) is 52.9 Å². The van der Waals surface area contributed by atoms with E-state index in [1.54, 1.807) is 0 Å². The highest BCUT2D eigenvalue weighted by Gasteiger charge is 2.13. The SMILES string of the molecule is CN1CCN(CCNCC(C)(C)C)CC1. The molecule has 0 radical (unpaired) electrons. The Morgan fingerprint density at radius 2 is 1.67 bits per heavy atom. The van der Waals surface area contributed by atoms with E-state index in [9.17, 15) is 0 Å². The maximum Gasteiger partial charge on any atom is 0.0110 e. The summed E-state index contributed by atoms with van der Waals surface area (Å²) in [5, 5.41) is 3.53. The fourth-order valence-corrected chi connectivity index (χ4v) is 1.77. The minimum absolute atomic E-state index is 0.405. The van der Waals surface area contributed by atoms with Crippen molar-refractivity contribution >= 4 is 0 Å². The van der Waals surface area contributed by atoms with Crippen LogP contribution in [-0.2, 0) is 0 Å². The van der Waals surface area contributed by atoms with Gasteiger partial charge in [-0.1, -0.05) is 20.8 Å². The van der Waals surface area contributed by atoms with Crippen LogP contribution < -0.4 is 5.32 Å². The summed E-state index contributed by atoms with van der Waals surface area (Å²) >= 11 is 0. The lowest BCUT2D eigenvalue weighted by Gasteiger charge is -2.32. The van der Waals surface area contributed by atoms with Crippen LogP contribution >= 0.6 is 0 Å².